The van der Waals surface area contributed by atoms with E-state index in [1.165, 1.54) is 11.2 Å². The lowest BCUT2D eigenvalue weighted by atomic mass is 10.2. The Labute approximate surface area is 177 Å². The van der Waals surface area contributed by atoms with Gasteiger partial charge in [-0.3, -0.25) is 0 Å². The molecule has 2 N–H and O–H groups in total. The van der Waals surface area contributed by atoms with Gasteiger partial charge in [0.15, 0.2) is 5.82 Å². The summed E-state index contributed by atoms with van der Waals surface area (Å²) in [6, 6.07) is 7.86. The molecule has 3 aromatic heterocycles. The molecule has 11 heteroatoms. The minimum absolute atomic E-state index is 0.000503. The van der Waals surface area contributed by atoms with Crippen LogP contribution in [-0.4, -0.2) is 27.1 Å². The Kier molecular flexibility index (Phi) is 4.30. The summed E-state index contributed by atoms with van der Waals surface area (Å²) in [4.78, 5) is 34.5. The largest absolute Gasteiger partial charge is 0.484 e. The molecule has 0 radical (unpaired) electrons. The van der Waals surface area contributed by atoms with Crippen LogP contribution >= 0.6 is 22.9 Å². The fourth-order valence-corrected chi connectivity index (χ4v) is 4.31. The number of amides is 2. The van der Waals surface area contributed by atoms with Crippen LogP contribution in [0.15, 0.2) is 47.3 Å². The second-order valence-electron chi connectivity index (χ2n) is 6.24. The lowest BCUT2D eigenvalue weighted by Gasteiger charge is -2.27. The van der Waals surface area contributed by atoms with Crippen LogP contribution in [0, 0.1) is 0 Å². The van der Waals surface area contributed by atoms with E-state index in [1.54, 1.807) is 36.6 Å². The topological polar surface area (TPSA) is 118 Å². The van der Waals surface area contributed by atoms with Crippen LogP contribution in [0.5, 0.6) is 5.75 Å². The van der Waals surface area contributed by atoms with Gasteiger partial charge in [-0.15, -0.1) is 11.3 Å². The van der Waals surface area contributed by atoms with Crippen molar-refractivity contribution in [1.29, 1.82) is 0 Å². The molecule has 1 aliphatic heterocycles. The molecule has 9 nitrogen and oxygen atoms in total. The number of thiophene rings is 1. The summed E-state index contributed by atoms with van der Waals surface area (Å²) >= 11 is 7.34. The number of carboxylic acid groups (broad SMARTS) is 1. The number of anilines is 3. The smallest absolute Gasteiger partial charge is 0.348 e. The van der Waals surface area contributed by atoms with Crippen molar-refractivity contribution in [2.75, 3.05) is 10.2 Å². The monoisotopic (exact) mass is 442 g/mol. The fraction of sp³-hybridized carbons (Fsp3) is 0.0526. The molecule has 150 valence electrons. The Hall–Kier alpha value is -3.63. The lowest BCUT2D eigenvalue weighted by Crippen LogP contribution is -2.34. The van der Waals surface area contributed by atoms with Gasteiger partial charge in [-0.1, -0.05) is 11.6 Å². The van der Waals surface area contributed by atoms with Crippen molar-refractivity contribution in [2.24, 2.45) is 0 Å². The summed E-state index contributed by atoms with van der Waals surface area (Å²) in [5, 5.41) is 12.8. The number of hydrogen-bond donors (Lipinski definition) is 2. The van der Waals surface area contributed by atoms with Gasteiger partial charge in [-0.2, -0.15) is 0 Å². The van der Waals surface area contributed by atoms with Gasteiger partial charge >= 0.3 is 12.0 Å². The van der Waals surface area contributed by atoms with Crippen molar-refractivity contribution in [3.63, 3.8) is 0 Å². The van der Waals surface area contributed by atoms with Crippen molar-refractivity contribution in [3.05, 3.63) is 58.6 Å². The van der Waals surface area contributed by atoms with Crippen molar-refractivity contribution in [3.8, 4) is 5.75 Å². The first-order valence-corrected chi connectivity index (χ1v) is 9.79. The molecule has 0 atom stereocenters. The number of nitrogens with zero attached hydrogens (tertiary/aromatic N) is 3. The molecule has 1 aromatic carbocycles. The summed E-state index contributed by atoms with van der Waals surface area (Å²) in [6.45, 7) is 0.207. The number of benzene rings is 1. The standard InChI is InChI=1S/C19H11ClN4O5S/c20-11-6-9(3-4-12(11)29-7-10-2-1-5-28-10)24-16-13-14(23-19(24)27)15(18(25)26)30-17(13)22-8-21-16/h1-6,8H,7H2,(H,23,27)(H,25,26). The quantitative estimate of drug-likeness (QED) is 0.451. The van der Waals surface area contributed by atoms with Gasteiger partial charge < -0.3 is 19.6 Å². The van der Waals surface area contributed by atoms with Crippen LogP contribution in [0.4, 0.5) is 22.0 Å². The highest BCUT2D eigenvalue weighted by Crippen LogP contribution is 2.45. The predicted molar refractivity (Wildman–Crippen MR) is 110 cm³/mol. The summed E-state index contributed by atoms with van der Waals surface area (Å²) in [5.74, 6) is 0.205. The minimum atomic E-state index is -1.14. The van der Waals surface area contributed by atoms with E-state index in [0.29, 0.717) is 32.4 Å². The van der Waals surface area contributed by atoms with E-state index in [-0.39, 0.29) is 23.0 Å². The Morgan fingerprint density at radius 3 is 2.93 bits per heavy atom. The first kappa shape index (κ1) is 18.4. The van der Waals surface area contributed by atoms with Gasteiger partial charge in [-0.05, 0) is 30.3 Å². The van der Waals surface area contributed by atoms with Crippen molar-refractivity contribution >= 4 is 62.3 Å². The Bertz CT molecular complexity index is 1300. The van der Waals surface area contributed by atoms with E-state index in [0.717, 1.165) is 11.3 Å². The molecular formula is C19H11ClN4O5S. The number of ether oxygens (including phenoxy) is 1. The first-order chi connectivity index (χ1) is 14.5. The fourth-order valence-electron chi connectivity index (χ4n) is 3.15. The van der Waals surface area contributed by atoms with E-state index >= 15 is 0 Å². The molecule has 0 bridgehead atoms. The molecule has 0 fully saturated rings. The molecule has 5 rings (SSSR count). The molecule has 2 amide bonds. The number of carbonyl (C=O) groups is 2. The minimum Gasteiger partial charge on any atom is -0.484 e. The van der Waals surface area contributed by atoms with Gasteiger partial charge in [0.05, 0.1) is 28.0 Å². The molecule has 0 spiro atoms. The van der Waals surface area contributed by atoms with Crippen LogP contribution in [0.1, 0.15) is 15.4 Å². The number of aromatic carboxylic acids is 1. The highest BCUT2D eigenvalue weighted by atomic mass is 35.5. The van der Waals surface area contributed by atoms with Crippen molar-refractivity contribution in [1.82, 2.24) is 9.97 Å². The van der Waals surface area contributed by atoms with Gasteiger partial charge in [0.25, 0.3) is 0 Å². The Morgan fingerprint density at radius 2 is 2.20 bits per heavy atom. The number of carboxylic acids is 1. The molecule has 30 heavy (non-hydrogen) atoms. The second kappa shape index (κ2) is 7.01. The van der Waals surface area contributed by atoms with Gasteiger partial charge in [0.1, 0.15) is 34.2 Å². The van der Waals surface area contributed by atoms with Crippen LogP contribution in [-0.2, 0) is 6.61 Å². The molecule has 0 unspecified atom stereocenters. The average molecular weight is 443 g/mol. The zero-order valence-electron chi connectivity index (χ0n) is 15.0. The normalized spacial score (nSPS) is 12.8. The maximum atomic E-state index is 12.8. The third-order valence-corrected chi connectivity index (χ3v) is 5.81. The summed E-state index contributed by atoms with van der Waals surface area (Å²) < 4.78 is 10.9. The number of nitrogens with one attached hydrogen (secondary N) is 1. The SMILES string of the molecule is O=C(O)c1sc2ncnc3c2c1NC(=O)N3c1ccc(OCc2ccco2)c(Cl)c1. The van der Waals surface area contributed by atoms with E-state index in [2.05, 4.69) is 15.3 Å². The molecule has 0 saturated carbocycles. The molecular weight excluding hydrogens is 432 g/mol. The van der Waals surface area contributed by atoms with Gasteiger partial charge in [-0.25, -0.2) is 24.5 Å². The number of carbonyl (C=O) groups excluding carboxylic acids is 1. The number of rotatable bonds is 5. The highest BCUT2D eigenvalue weighted by Gasteiger charge is 2.34. The maximum absolute atomic E-state index is 12.8. The summed E-state index contributed by atoms with van der Waals surface area (Å²) in [6.07, 6.45) is 2.84. The van der Waals surface area contributed by atoms with E-state index in [4.69, 9.17) is 20.8 Å². The van der Waals surface area contributed by atoms with E-state index < -0.39 is 12.0 Å². The van der Waals surface area contributed by atoms with Crippen LogP contribution in [0.2, 0.25) is 5.02 Å². The zero-order valence-corrected chi connectivity index (χ0v) is 16.5. The Balaban J connectivity index is 1.53. The van der Waals surface area contributed by atoms with E-state index in [9.17, 15) is 14.7 Å². The summed E-state index contributed by atoms with van der Waals surface area (Å²) in [5.41, 5.74) is 0.639. The van der Waals surface area contributed by atoms with Crippen LogP contribution < -0.4 is 15.0 Å². The van der Waals surface area contributed by atoms with Crippen molar-refractivity contribution < 1.29 is 23.8 Å². The molecule has 0 saturated heterocycles. The van der Waals surface area contributed by atoms with E-state index in [1.807, 2.05) is 0 Å². The molecule has 1 aliphatic rings. The number of urea groups is 1. The number of hydrogen-bond acceptors (Lipinski definition) is 7. The number of aromatic nitrogens is 2. The van der Waals surface area contributed by atoms with Crippen LogP contribution in [0.3, 0.4) is 0 Å². The lowest BCUT2D eigenvalue weighted by molar-refractivity contribution is 0.0703. The highest BCUT2D eigenvalue weighted by molar-refractivity contribution is 7.21. The predicted octanol–water partition coefficient (Wildman–Crippen LogP) is 4.90. The van der Waals surface area contributed by atoms with Gasteiger partial charge in [0.2, 0.25) is 0 Å². The Morgan fingerprint density at radius 1 is 1.33 bits per heavy atom. The molecule has 4 heterocycles. The summed E-state index contributed by atoms with van der Waals surface area (Å²) in [7, 11) is 0. The first-order valence-electron chi connectivity index (χ1n) is 8.59. The number of furan rings is 1. The number of halogens is 1. The molecule has 0 aliphatic carbocycles. The maximum Gasteiger partial charge on any atom is 0.348 e. The third-order valence-electron chi connectivity index (χ3n) is 4.43. The van der Waals surface area contributed by atoms with Gasteiger partial charge in [0, 0.05) is 0 Å². The second-order valence-corrected chi connectivity index (χ2v) is 7.64. The average Bonchev–Trinajstić information content (AvgIpc) is 3.36. The third kappa shape index (κ3) is 2.93. The van der Waals surface area contributed by atoms with Crippen LogP contribution in [0.25, 0.3) is 10.2 Å². The zero-order chi connectivity index (χ0) is 20.8. The molecule has 4 aromatic rings. The van der Waals surface area contributed by atoms with Crippen molar-refractivity contribution in [2.45, 2.75) is 6.61 Å².